The van der Waals surface area contributed by atoms with Crippen molar-refractivity contribution < 1.29 is 0 Å². The van der Waals surface area contributed by atoms with Gasteiger partial charge in [-0.25, -0.2) is 4.68 Å². The predicted octanol–water partition coefficient (Wildman–Crippen LogP) is 4.92. The Kier molecular flexibility index (Phi) is 3.43. The highest BCUT2D eigenvalue weighted by Gasteiger charge is 2.23. The third-order valence-corrected chi connectivity index (χ3v) is 4.59. The molecule has 0 fully saturated rings. The number of anilines is 1. The Morgan fingerprint density at radius 1 is 1.14 bits per heavy atom. The number of aromatic nitrogens is 2. The molecule has 0 radical (unpaired) electrons. The van der Waals surface area contributed by atoms with Gasteiger partial charge in [0, 0.05) is 27.2 Å². The number of rotatable bonds is 2. The van der Waals surface area contributed by atoms with Crippen molar-refractivity contribution in [1.29, 1.82) is 0 Å². The van der Waals surface area contributed by atoms with Crippen molar-refractivity contribution in [2.24, 2.45) is 0 Å². The third kappa shape index (κ3) is 2.32. The van der Waals surface area contributed by atoms with E-state index in [1.54, 1.807) is 0 Å². The van der Waals surface area contributed by atoms with Gasteiger partial charge in [0.05, 0.1) is 11.4 Å². The van der Waals surface area contributed by atoms with Crippen molar-refractivity contribution in [2.75, 3.05) is 11.9 Å². The van der Waals surface area contributed by atoms with E-state index in [-0.39, 0.29) is 0 Å². The maximum absolute atomic E-state index is 6.12. The zero-order chi connectivity index (χ0) is 15.1. The van der Waals surface area contributed by atoms with Crippen LogP contribution in [0, 0.1) is 0 Å². The molecule has 0 spiro atoms. The summed E-state index contributed by atoms with van der Waals surface area (Å²) in [5.74, 6) is 1.07. The lowest BCUT2D eigenvalue weighted by Gasteiger charge is -2.06. The van der Waals surface area contributed by atoms with E-state index in [1.807, 2.05) is 41.1 Å². The SMILES string of the molecule is Clc1cccc(-n2nc(-c3ccc(Br)cc3)c3c2NCC3)c1. The van der Waals surface area contributed by atoms with Crippen molar-refractivity contribution in [1.82, 2.24) is 9.78 Å². The van der Waals surface area contributed by atoms with Crippen LogP contribution in [0.1, 0.15) is 5.56 Å². The van der Waals surface area contributed by atoms with E-state index < -0.39 is 0 Å². The zero-order valence-electron chi connectivity index (χ0n) is 11.7. The van der Waals surface area contributed by atoms with Gasteiger partial charge in [-0.3, -0.25) is 0 Å². The molecule has 1 aliphatic rings. The Balaban J connectivity index is 1.88. The molecule has 0 amide bonds. The minimum Gasteiger partial charge on any atom is -0.369 e. The molecule has 1 aliphatic heterocycles. The highest BCUT2D eigenvalue weighted by molar-refractivity contribution is 9.10. The number of hydrogen-bond donors (Lipinski definition) is 1. The Labute approximate surface area is 142 Å². The highest BCUT2D eigenvalue weighted by atomic mass is 79.9. The minimum atomic E-state index is 0.713. The van der Waals surface area contributed by atoms with Crippen LogP contribution >= 0.6 is 27.5 Å². The summed E-state index contributed by atoms with van der Waals surface area (Å²) in [6, 6.07) is 16.0. The van der Waals surface area contributed by atoms with E-state index in [9.17, 15) is 0 Å². The van der Waals surface area contributed by atoms with Gasteiger partial charge < -0.3 is 5.32 Å². The Morgan fingerprint density at radius 2 is 1.95 bits per heavy atom. The molecule has 2 heterocycles. The van der Waals surface area contributed by atoms with Gasteiger partial charge >= 0.3 is 0 Å². The molecule has 4 rings (SSSR count). The molecule has 5 heteroatoms. The maximum Gasteiger partial charge on any atom is 0.133 e. The van der Waals surface area contributed by atoms with E-state index in [4.69, 9.17) is 16.7 Å². The standard InChI is InChI=1S/C17H13BrClN3/c18-12-6-4-11(5-7-12)16-15-8-9-20-17(15)22(21-16)14-3-1-2-13(19)10-14/h1-7,10,20H,8-9H2. The van der Waals surface area contributed by atoms with E-state index in [1.165, 1.54) is 5.56 Å². The fourth-order valence-corrected chi connectivity index (χ4v) is 3.26. The van der Waals surface area contributed by atoms with E-state index >= 15 is 0 Å². The average Bonchev–Trinajstić information content (AvgIpc) is 3.10. The summed E-state index contributed by atoms with van der Waals surface area (Å²) in [4.78, 5) is 0. The molecule has 1 aromatic heterocycles. The van der Waals surface area contributed by atoms with Crippen molar-refractivity contribution >= 4 is 33.3 Å². The summed E-state index contributed by atoms with van der Waals surface area (Å²) < 4.78 is 3.02. The lowest BCUT2D eigenvalue weighted by molar-refractivity contribution is 0.882. The Hall–Kier alpha value is -1.78. The molecular formula is C17H13BrClN3. The molecule has 0 saturated carbocycles. The van der Waals surface area contributed by atoms with Gasteiger partial charge in [-0.05, 0) is 36.8 Å². The van der Waals surface area contributed by atoms with Crippen molar-refractivity contribution in [2.45, 2.75) is 6.42 Å². The average molecular weight is 375 g/mol. The molecule has 0 aliphatic carbocycles. The third-order valence-electron chi connectivity index (χ3n) is 3.82. The fraction of sp³-hybridized carbons (Fsp3) is 0.118. The van der Waals surface area contributed by atoms with Crippen molar-refractivity contribution in [3.05, 3.63) is 63.6 Å². The molecule has 0 bridgehead atoms. The quantitative estimate of drug-likeness (QED) is 0.690. The van der Waals surface area contributed by atoms with E-state index in [0.29, 0.717) is 5.02 Å². The molecule has 110 valence electrons. The van der Waals surface area contributed by atoms with Crippen LogP contribution in [-0.4, -0.2) is 16.3 Å². The number of nitrogens with zero attached hydrogens (tertiary/aromatic N) is 2. The smallest absolute Gasteiger partial charge is 0.133 e. The second-order valence-electron chi connectivity index (χ2n) is 5.25. The largest absolute Gasteiger partial charge is 0.369 e. The molecule has 0 saturated heterocycles. The molecule has 3 nitrogen and oxygen atoms in total. The van der Waals surface area contributed by atoms with Gasteiger partial charge in [-0.1, -0.05) is 45.7 Å². The monoisotopic (exact) mass is 373 g/mol. The van der Waals surface area contributed by atoms with Gasteiger partial charge in [0.1, 0.15) is 5.82 Å². The van der Waals surface area contributed by atoms with Crippen molar-refractivity contribution in [3.8, 4) is 16.9 Å². The van der Waals surface area contributed by atoms with Crippen LogP contribution in [-0.2, 0) is 6.42 Å². The first-order chi connectivity index (χ1) is 10.7. The summed E-state index contributed by atoms with van der Waals surface area (Å²) in [6.45, 7) is 0.942. The normalized spacial score (nSPS) is 13.0. The highest BCUT2D eigenvalue weighted by Crippen LogP contribution is 2.35. The lowest BCUT2D eigenvalue weighted by Crippen LogP contribution is -2.04. The van der Waals surface area contributed by atoms with Gasteiger partial charge in [0.15, 0.2) is 0 Å². The molecule has 0 unspecified atom stereocenters. The van der Waals surface area contributed by atoms with Crippen LogP contribution < -0.4 is 5.32 Å². The van der Waals surface area contributed by atoms with Crippen LogP contribution in [0.15, 0.2) is 53.0 Å². The van der Waals surface area contributed by atoms with Gasteiger partial charge in [0.25, 0.3) is 0 Å². The first kappa shape index (κ1) is 13.9. The Bertz CT molecular complexity index is 840. The second-order valence-corrected chi connectivity index (χ2v) is 6.60. The van der Waals surface area contributed by atoms with Gasteiger partial charge in [-0.15, -0.1) is 0 Å². The molecular weight excluding hydrogens is 362 g/mol. The summed E-state index contributed by atoms with van der Waals surface area (Å²) in [6.07, 6.45) is 0.987. The van der Waals surface area contributed by atoms with Crippen LogP contribution in [0.25, 0.3) is 16.9 Å². The number of benzene rings is 2. The fourth-order valence-electron chi connectivity index (χ4n) is 2.81. The first-order valence-corrected chi connectivity index (χ1v) is 8.27. The van der Waals surface area contributed by atoms with Crippen LogP contribution in [0.2, 0.25) is 5.02 Å². The first-order valence-electron chi connectivity index (χ1n) is 7.10. The second kappa shape index (κ2) is 5.45. The lowest BCUT2D eigenvalue weighted by atomic mass is 10.1. The van der Waals surface area contributed by atoms with Gasteiger partial charge in [0.2, 0.25) is 0 Å². The summed E-state index contributed by atoms with van der Waals surface area (Å²) >= 11 is 9.60. The molecule has 2 aromatic carbocycles. The van der Waals surface area contributed by atoms with Gasteiger partial charge in [-0.2, -0.15) is 5.10 Å². The molecule has 22 heavy (non-hydrogen) atoms. The van der Waals surface area contributed by atoms with E-state index in [2.05, 4.69) is 33.4 Å². The molecule has 0 atom stereocenters. The maximum atomic E-state index is 6.12. The Morgan fingerprint density at radius 3 is 2.73 bits per heavy atom. The number of fused-ring (bicyclic) bond motifs is 1. The van der Waals surface area contributed by atoms with Crippen LogP contribution in [0.5, 0.6) is 0 Å². The van der Waals surface area contributed by atoms with Crippen molar-refractivity contribution in [3.63, 3.8) is 0 Å². The number of hydrogen-bond acceptors (Lipinski definition) is 2. The van der Waals surface area contributed by atoms with E-state index in [0.717, 1.165) is 40.2 Å². The summed E-state index contributed by atoms with van der Waals surface area (Å²) in [5.41, 5.74) is 4.40. The molecule has 1 N–H and O–H groups in total. The van der Waals surface area contributed by atoms with Crippen LogP contribution in [0.3, 0.4) is 0 Å². The zero-order valence-corrected chi connectivity index (χ0v) is 14.0. The summed E-state index contributed by atoms with van der Waals surface area (Å²) in [5, 5.41) is 8.97. The van der Waals surface area contributed by atoms with Crippen LogP contribution in [0.4, 0.5) is 5.82 Å². The number of halogens is 2. The summed E-state index contributed by atoms with van der Waals surface area (Å²) in [7, 11) is 0. The minimum absolute atomic E-state index is 0.713. The topological polar surface area (TPSA) is 29.9 Å². The molecule has 3 aromatic rings. The predicted molar refractivity (Wildman–Crippen MR) is 93.9 cm³/mol. The number of nitrogens with one attached hydrogen (secondary N) is 1.